The molecule has 0 aromatic rings. The molecule has 0 saturated carbocycles. The highest BCUT2D eigenvalue weighted by atomic mass is 16.6. The van der Waals surface area contributed by atoms with E-state index in [9.17, 15) is 14.4 Å². The molecular formula is C59H102O6. The highest BCUT2D eigenvalue weighted by Crippen LogP contribution is 2.15. The SMILES string of the molecule is CCCCC/C=C\C=C/CCCCCCCCC(=O)OC(COC(=O)CCC/C=C\C/C=C\C/C=C\C/C=C\CCCCC)COC(=O)CCCCCCCCCCCCCCCCC. The van der Waals surface area contributed by atoms with E-state index in [1.54, 1.807) is 0 Å². The molecule has 0 aliphatic heterocycles. The molecule has 1 atom stereocenters. The average molecular weight is 907 g/mol. The van der Waals surface area contributed by atoms with Crippen LogP contribution >= 0.6 is 0 Å². The summed E-state index contributed by atoms with van der Waals surface area (Å²) < 4.78 is 16.8. The normalized spacial score (nSPS) is 12.6. The Kier molecular flexibility index (Phi) is 50.9. The molecule has 6 nitrogen and oxygen atoms in total. The molecule has 0 aromatic heterocycles. The maximum absolute atomic E-state index is 12.8. The van der Waals surface area contributed by atoms with Crippen molar-refractivity contribution in [3.8, 4) is 0 Å². The van der Waals surface area contributed by atoms with Gasteiger partial charge >= 0.3 is 17.9 Å². The van der Waals surface area contributed by atoms with Gasteiger partial charge in [-0.05, 0) is 83.5 Å². The fourth-order valence-corrected chi connectivity index (χ4v) is 7.54. The van der Waals surface area contributed by atoms with Gasteiger partial charge in [-0.25, -0.2) is 0 Å². The van der Waals surface area contributed by atoms with Crippen molar-refractivity contribution in [3.63, 3.8) is 0 Å². The summed E-state index contributed by atoms with van der Waals surface area (Å²) in [6, 6.07) is 0. The van der Waals surface area contributed by atoms with E-state index < -0.39 is 6.10 Å². The number of carbonyl (C=O) groups is 3. The Morgan fingerprint density at radius 3 is 1.05 bits per heavy atom. The zero-order chi connectivity index (χ0) is 47.2. The van der Waals surface area contributed by atoms with Crippen molar-refractivity contribution in [1.82, 2.24) is 0 Å². The van der Waals surface area contributed by atoms with Gasteiger partial charge in [0.15, 0.2) is 6.10 Å². The number of hydrogen-bond acceptors (Lipinski definition) is 6. The van der Waals surface area contributed by atoms with Crippen LogP contribution in [-0.2, 0) is 28.6 Å². The minimum atomic E-state index is -0.802. The number of rotatable bonds is 49. The maximum atomic E-state index is 12.8. The van der Waals surface area contributed by atoms with E-state index in [2.05, 4.69) is 93.7 Å². The average Bonchev–Trinajstić information content (AvgIpc) is 3.30. The van der Waals surface area contributed by atoms with Gasteiger partial charge in [-0.1, -0.05) is 235 Å². The minimum absolute atomic E-state index is 0.0953. The molecule has 0 heterocycles. The van der Waals surface area contributed by atoms with Gasteiger partial charge in [-0.15, -0.1) is 0 Å². The van der Waals surface area contributed by atoms with Crippen LogP contribution in [0.1, 0.15) is 265 Å². The number of ether oxygens (including phenoxy) is 3. The Bertz CT molecular complexity index is 1230. The molecule has 0 radical (unpaired) electrons. The second-order valence-electron chi connectivity index (χ2n) is 18.2. The largest absolute Gasteiger partial charge is 0.462 e. The van der Waals surface area contributed by atoms with Gasteiger partial charge in [-0.3, -0.25) is 14.4 Å². The molecule has 0 rings (SSSR count). The highest BCUT2D eigenvalue weighted by Gasteiger charge is 2.19. The Morgan fingerprint density at radius 2 is 0.615 bits per heavy atom. The van der Waals surface area contributed by atoms with Crippen molar-refractivity contribution < 1.29 is 28.6 Å². The second-order valence-corrected chi connectivity index (χ2v) is 18.2. The van der Waals surface area contributed by atoms with Crippen molar-refractivity contribution in [2.75, 3.05) is 13.2 Å². The zero-order valence-electron chi connectivity index (χ0n) is 42.7. The van der Waals surface area contributed by atoms with E-state index in [1.807, 2.05) is 0 Å². The van der Waals surface area contributed by atoms with Gasteiger partial charge in [0.2, 0.25) is 0 Å². The smallest absolute Gasteiger partial charge is 0.306 e. The van der Waals surface area contributed by atoms with E-state index in [0.717, 1.165) is 77.0 Å². The Labute approximate surface area is 402 Å². The second kappa shape index (κ2) is 53.5. The van der Waals surface area contributed by atoms with Crippen molar-refractivity contribution in [2.45, 2.75) is 271 Å². The van der Waals surface area contributed by atoms with Crippen LogP contribution in [0.3, 0.4) is 0 Å². The summed E-state index contributed by atoms with van der Waals surface area (Å²) in [5.41, 5.74) is 0. The molecule has 0 fully saturated rings. The molecule has 6 heteroatoms. The molecule has 0 saturated heterocycles. The molecule has 0 aliphatic carbocycles. The van der Waals surface area contributed by atoms with E-state index in [-0.39, 0.29) is 37.5 Å². The van der Waals surface area contributed by atoms with Crippen LogP contribution in [0, 0.1) is 0 Å². The zero-order valence-corrected chi connectivity index (χ0v) is 42.7. The van der Waals surface area contributed by atoms with E-state index in [0.29, 0.717) is 19.3 Å². The summed E-state index contributed by atoms with van der Waals surface area (Å²) in [5.74, 6) is -0.959. The lowest BCUT2D eigenvalue weighted by molar-refractivity contribution is -0.167. The van der Waals surface area contributed by atoms with Gasteiger partial charge in [0.25, 0.3) is 0 Å². The summed E-state index contributed by atoms with van der Waals surface area (Å²) in [6.07, 6.45) is 67.4. The minimum Gasteiger partial charge on any atom is -0.462 e. The van der Waals surface area contributed by atoms with Crippen LogP contribution in [0.4, 0.5) is 0 Å². The first-order valence-corrected chi connectivity index (χ1v) is 27.5. The quantitative estimate of drug-likeness (QED) is 0.0199. The fraction of sp³-hybridized carbons (Fsp3) is 0.746. The summed E-state index contributed by atoms with van der Waals surface area (Å²) in [5, 5.41) is 0. The van der Waals surface area contributed by atoms with Gasteiger partial charge in [-0.2, -0.15) is 0 Å². The molecular weight excluding hydrogens is 805 g/mol. The first-order valence-electron chi connectivity index (χ1n) is 27.5. The standard InChI is InChI=1S/C59H102O6/c1-4-7-10-13-16-19-22-25-28-29-32-34-37-40-43-46-49-52-58(61)64-55-56(65-59(62)53-50-47-44-41-38-35-31-27-24-21-18-15-12-9-6-3)54-63-57(60)51-48-45-42-39-36-33-30-26-23-20-17-14-11-8-5-2/h16,18-19,21,24-25,27-28,32,34,40,43,56H,4-15,17,20,22-23,26,29-31,33,35-39,41-42,44-55H2,1-3H3/b19-16-,21-18-,27-24-,28-25-,34-32-,43-40-. The van der Waals surface area contributed by atoms with E-state index >= 15 is 0 Å². The van der Waals surface area contributed by atoms with Gasteiger partial charge in [0.05, 0.1) is 0 Å². The molecule has 0 aliphatic rings. The van der Waals surface area contributed by atoms with E-state index in [1.165, 1.54) is 141 Å². The molecule has 0 N–H and O–H groups in total. The third kappa shape index (κ3) is 51.7. The van der Waals surface area contributed by atoms with Crippen molar-refractivity contribution in [1.29, 1.82) is 0 Å². The lowest BCUT2D eigenvalue weighted by atomic mass is 10.0. The maximum Gasteiger partial charge on any atom is 0.306 e. The van der Waals surface area contributed by atoms with Gasteiger partial charge in [0.1, 0.15) is 13.2 Å². The molecule has 1 unspecified atom stereocenters. The van der Waals surface area contributed by atoms with Gasteiger partial charge in [0, 0.05) is 19.3 Å². The lowest BCUT2D eigenvalue weighted by Gasteiger charge is -2.18. The summed E-state index contributed by atoms with van der Waals surface area (Å²) in [4.78, 5) is 38.0. The first-order chi connectivity index (χ1) is 32.0. The van der Waals surface area contributed by atoms with Crippen LogP contribution in [0.25, 0.3) is 0 Å². The van der Waals surface area contributed by atoms with Crippen molar-refractivity contribution in [2.24, 2.45) is 0 Å². The summed E-state index contributed by atoms with van der Waals surface area (Å²) in [6.45, 7) is 6.54. The summed E-state index contributed by atoms with van der Waals surface area (Å²) in [7, 11) is 0. The van der Waals surface area contributed by atoms with Crippen molar-refractivity contribution >= 4 is 17.9 Å². The molecule has 0 aromatic carbocycles. The van der Waals surface area contributed by atoms with Crippen LogP contribution in [0.15, 0.2) is 72.9 Å². The number of esters is 3. The van der Waals surface area contributed by atoms with Crippen molar-refractivity contribution in [3.05, 3.63) is 72.9 Å². The van der Waals surface area contributed by atoms with E-state index in [4.69, 9.17) is 14.2 Å². The predicted octanol–water partition coefficient (Wildman–Crippen LogP) is 18.2. The first kappa shape index (κ1) is 61.9. The molecule has 0 spiro atoms. The highest BCUT2D eigenvalue weighted by molar-refractivity contribution is 5.71. The third-order valence-electron chi connectivity index (χ3n) is 11.7. The number of hydrogen-bond donors (Lipinski definition) is 0. The molecule has 0 amide bonds. The van der Waals surface area contributed by atoms with Crippen LogP contribution in [0.2, 0.25) is 0 Å². The van der Waals surface area contributed by atoms with Crippen LogP contribution in [0.5, 0.6) is 0 Å². The topological polar surface area (TPSA) is 78.9 Å². The third-order valence-corrected chi connectivity index (χ3v) is 11.7. The lowest BCUT2D eigenvalue weighted by Crippen LogP contribution is -2.30. The number of unbranched alkanes of at least 4 members (excludes halogenated alkanes) is 27. The number of carbonyl (C=O) groups excluding carboxylic acids is 3. The Balaban J connectivity index is 4.48. The Morgan fingerprint density at radius 1 is 0.323 bits per heavy atom. The molecule has 65 heavy (non-hydrogen) atoms. The predicted molar refractivity (Wildman–Crippen MR) is 279 cm³/mol. The summed E-state index contributed by atoms with van der Waals surface area (Å²) >= 11 is 0. The molecule has 0 bridgehead atoms. The molecule has 374 valence electrons. The fourth-order valence-electron chi connectivity index (χ4n) is 7.54. The Hall–Kier alpha value is -3.15. The van der Waals surface area contributed by atoms with Crippen LogP contribution < -0.4 is 0 Å². The van der Waals surface area contributed by atoms with Crippen LogP contribution in [-0.4, -0.2) is 37.2 Å². The van der Waals surface area contributed by atoms with Gasteiger partial charge < -0.3 is 14.2 Å². The monoisotopic (exact) mass is 907 g/mol. The number of allylic oxidation sites excluding steroid dienone is 12.